The van der Waals surface area contributed by atoms with E-state index in [4.69, 9.17) is 0 Å². The summed E-state index contributed by atoms with van der Waals surface area (Å²) in [6, 6.07) is 3.58. The highest BCUT2D eigenvalue weighted by molar-refractivity contribution is 5.58. The molecule has 0 radical (unpaired) electrons. The van der Waals surface area contributed by atoms with Crippen LogP contribution in [0.15, 0.2) is 30.5 Å². The molecule has 0 amide bonds. The highest BCUT2D eigenvalue weighted by Crippen LogP contribution is 2.32. The van der Waals surface area contributed by atoms with Crippen molar-refractivity contribution < 1.29 is 17.6 Å². The molecule has 2 N–H and O–H groups in total. The summed E-state index contributed by atoms with van der Waals surface area (Å²) in [5, 5.41) is 5.37. The van der Waals surface area contributed by atoms with Gasteiger partial charge in [0.2, 0.25) is 5.95 Å². The van der Waals surface area contributed by atoms with Crippen LogP contribution in [0.25, 0.3) is 0 Å². The van der Waals surface area contributed by atoms with E-state index in [1.165, 1.54) is 12.3 Å². The minimum Gasteiger partial charge on any atom is -0.354 e. The third-order valence-corrected chi connectivity index (χ3v) is 2.55. The lowest BCUT2D eigenvalue weighted by molar-refractivity contribution is -0.137. The molecule has 0 atom stereocenters. The molecule has 4 nitrogen and oxygen atoms in total. The molecule has 0 saturated carbocycles. The van der Waals surface area contributed by atoms with Gasteiger partial charge in [0.05, 0.1) is 11.3 Å². The highest BCUT2D eigenvalue weighted by Gasteiger charge is 2.31. The Balaban J connectivity index is 2.28. The number of benzene rings is 1. The van der Waals surface area contributed by atoms with Gasteiger partial charge in [-0.1, -0.05) is 0 Å². The van der Waals surface area contributed by atoms with Crippen molar-refractivity contribution in [3.05, 3.63) is 41.8 Å². The number of alkyl halides is 3. The van der Waals surface area contributed by atoms with E-state index in [0.717, 1.165) is 6.07 Å². The van der Waals surface area contributed by atoms with Gasteiger partial charge < -0.3 is 10.6 Å². The van der Waals surface area contributed by atoms with Crippen molar-refractivity contribution in [2.24, 2.45) is 0 Å². The summed E-state index contributed by atoms with van der Waals surface area (Å²) in [6.45, 7) is 2.43. The molecule has 0 fully saturated rings. The molecule has 2 rings (SSSR count). The van der Waals surface area contributed by atoms with Gasteiger partial charge in [-0.3, -0.25) is 0 Å². The van der Waals surface area contributed by atoms with Gasteiger partial charge in [-0.05, 0) is 31.2 Å². The fraction of sp³-hybridized carbons (Fsp3) is 0.231. The van der Waals surface area contributed by atoms with Gasteiger partial charge in [-0.2, -0.15) is 18.2 Å². The number of hydrogen-bond acceptors (Lipinski definition) is 4. The quantitative estimate of drug-likeness (QED) is 0.843. The van der Waals surface area contributed by atoms with E-state index in [9.17, 15) is 17.6 Å². The number of halogens is 4. The topological polar surface area (TPSA) is 49.8 Å². The zero-order valence-electron chi connectivity index (χ0n) is 11.0. The first-order chi connectivity index (χ1) is 9.90. The predicted octanol–water partition coefficient (Wildman–Crippen LogP) is 3.81. The Morgan fingerprint density at radius 3 is 2.62 bits per heavy atom. The van der Waals surface area contributed by atoms with Crippen molar-refractivity contribution >= 4 is 17.5 Å². The van der Waals surface area contributed by atoms with E-state index in [1.54, 1.807) is 0 Å². The molecule has 21 heavy (non-hydrogen) atoms. The van der Waals surface area contributed by atoms with E-state index < -0.39 is 17.6 Å². The Morgan fingerprint density at radius 1 is 1.19 bits per heavy atom. The second-order valence-electron chi connectivity index (χ2n) is 4.11. The van der Waals surface area contributed by atoms with Gasteiger partial charge in [0, 0.05) is 12.7 Å². The Bertz CT molecular complexity index is 628. The molecule has 0 saturated heterocycles. The first kappa shape index (κ1) is 15.0. The molecule has 1 aromatic carbocycles. The van der Waals surface area contributed by atoms with E-state index >= 15 is 0 Å². The van der Waals surface area contributed by atoms with Crippen LogP contribution in [0.3, 0.4) is 0 Å². The molecular formula is C13H12F4N4. The number of anilines is 3. The van der Waals surface area contributed by atoms with Crippen LogP contribution in [-0.2, 0) is 6.18 Å². The monoisotopic (exact) mass is 300 g/mol. The number of hydrogen-bond donors (Lipinski definition) is 2. The molecule has 0 bridgehead atoms. The van der Waals surface area contributed by atoms with Crippen LogP contribution in [0.1, 0.15) is 12.5 Å². The highest BCUT2D eigenvalue weighted by atomic mass is 19.4. The summed E-state index contributed by atoms with van der Waals surface area (Å²) < 4.78 is 51.5. The third kappa shape index (κ3) is 3.80. The molecule has 0 unspecified atom stereocenters. The number of nitrogens with zero attached hydrogens (tertiary/aromatic N) is 2. The maximum Gasteiger partial charge on any atom is 0.416 e. The molecule has 0 spiro atoms. The fourth-order valence-corrected chi connectivity index (χ4v) is 1.61. The molecule has 8 heteroatoms. The zero-order valence-corrected chi connectivity index (χ0v) is 11.0. The average Bonchev–Trinajstić information content (AvgIpc) is 2.41. The molecule has 2 aromatic rings. The molecule has 1 aromatic heterocycles. The third-order valence-electron chi connectivity index (χ3n) is 2.55. The summed E-state index contributed by atoms with van der Waals surface area (Å²) in [7, 11) is 0. The molecule has 0 aliphatic heterocycles. The second-order valence-corrected chi connectivity index (χ2v) is 4.11. The largest absolute Gasteiger partial charge is 0.416 e. The molecule has 0 aliphatic carbocycles. The normalized spacial score (nSPS) is 11.3. The van der Waals surface area contributed by atoms with Crippen LogP contribution in [0.5, 0.6) is 0 Å². The van der Waals surface area contributed by atoms with Crippen LogP contribution >= 0.6 is 0 Å². The zero-order chi connectivity index (χ0) is 15.5. The van der Waals surface area contributed by atoms with Crippen LogP contribution < -0.4 is 10.6 Å². The van der Waals surface area contributed by atoms with Crippen LogP contribution in [0.4, 0.5) is 35.0 Å². The minimum atomic E-state index is -4.54. The van der Waals surface area contributed by atoms with Crippen LogP contribution in [-0.4, -0.2) is 16.5 Å². The Kier molecular flexibility index (Phi) is 4.25. The first-order valence-corrected chi connectivity index (χ1v) is 6.11. The van der Waals surface area contributed by atoms with E-state index in [2.05, 4.69) is 20.6 Å². The maximum atomic E-state index is 13.6. The number of aromatic nitrogens is 2. The van der Waals surface area contributed by atoms with Gasteiger partial charge in [0.25, 0.3) is 0 Å². The van der Waals surface area contributed by atoms with Crippen molar-refractivity contribution in [2.45, 2.75) is 13.1 Å². The Hall–Kier alpha value is -2.38. The summed E-state index contributed by atoms with van der Waals surface area (Å²) in [6.07, 6.45) is -3.12. The summed E-state index contributed by atoms with van der Waals surface area (Å²) in [5.74, 6) is -0.305. The van der Waals surface area contributed by atoms with Crippen molar-refractivity contribution in [1.29, 1.82) is 0 Å². The summed E-state index contributed by atoms with van der Waals surface area (Å²) >= 11 is 0. The standard InChI is InChI=1S/C13H12F4N4/c1-2-18-12-19-6-5-11(21-12)20-10-7-8(13(15,16)17)3-4-9(10)14/h3-7H,2H2,1H3,(H2,18,19,20,21). The van der Waals surface area contributed by atoms with Crippen LogP contribution in [0.2, 0.25) is 0 Å². The van der Waals surface area contributed by atoms with Gasteiger partial charge in [-0.15, -0.1) is 0 Å². The molecule has 0 aliphatic rings. The molecule has 112 valence electrons. The fourth-order valence-electron chi connectivity index (χ4n) is 1.61. The number of rotatable bonds is 4. The molecular weight excluding hydrogens is 288 g/mol. The summed E-state index contributed by atoms with van der Waals surface area (Å²) in [4.78, 5) is 7.92. The average molecular weight is 300 g/mol. The lowest BCUT2D eigenvalue weighted by Crippen LogP contribution is -2.07. The van der Waals surface area contributed by atoms with Gasteiger partial charge >= 0.3 is 6.18 Å². The van der Waals surface area contributed by atoms with Gasteiger partial charge in [0.15, 0.2) is 0 Å². The predicted molar refractivity (Wildman–Crippen MR) is 70.9 cm³/mol. The van der Waals surface area contributed by atoms with Crippen molar-refractivity contribution in [3.8, 4) is 0 Å². The van der Waals surface area contributed by atoms with Gasteiger partial charge in [-0.25, -0.2) is 9.37 Å². The van der Waals surface area contributed by atoms with Crippen molar-refractivity contribution in [1.82, 2.24) is 9.97 Å². The van der Waals surface area contributed by atoms with E-state index in [-0.39, 0.29) is 11.5 Å². The number of nitrogens with one attached hydrogen (secondary N) is 2. The second kappa shape index (κ2) is 5.94. The van der Waals surface area contributed by atoms with Crippen molar-refractivity contribution in [3.63, 3.8) is 0 Å². The van der Waals surface area contributed by atoms with Gasteiger partial charge in [0.1, 0.15) is 11.6 Å². The molecule has 1 heterocycles. The lowest BCUT2D eigenvalue weighted by atomic mass is 10.2. The summed E-state index contributed by atoms with van der Waals surface area (Å²) in [5.41, 5.74) is -1.24. The van der Waals surface area contributed by atoms with Crippen LogP contribution in [0, 0.1) is 5.82 Å². The lowest BCUT2D eigenvalue weighted by Gasteiger charge is -2.11. The van der Waals surface area contributed by atoms with E-state index in [1.807, 2.05) is 6.92 Å². The SMILES string of the molecule is CCNc1nccc(Nc2cc(C(F)(F)F)ccc2F)n1. The maximum absolute atomic E-state index is 13.6. The van der Waals surface area contributed by atoms with Crippen molar-refractivity contribution in [2.75, 3.05) is 17.2 Å². The van der Waals surface area contributed by atoms with E-state index in [0.29, 0.717) is 24.6 Å². The Morgan fingerprint density at radius 2 is 1.95 bits per heavy atom. The Labute approximate surface area is 118 Å². The smallest absolute Gasteiger partial charge is 0.354 e. The minimum absolute atomic E-state index is 0.194. The first-order valence-electron chi connectivity index (χ1n) is 6.11.